The molecule has 0 saturated carbocycles. The van der Waals surface area contributed by atoms with Crippen molar-refractivity contribution in [1.29, 1.82) is 0 Å². The minimum absolute atomic E-state index is 0.120. The van der Waals surface area contributed by atoms with Crippen molar-refractivity contribution in [3.63, 3.8) is 0 Å². The average molecular weight is 447 g/mol. The maximum atomic E-state index is 12.5. The van der Waals surface area contributed by atoms with E-state index in [1.165, 1.54) is 17.3 Å². The Morgan fingerprint density at radius 1 is 1.09 bits per heavy atom. The molecule has 7 nitrogen and oxygen atoms in total. The van der Waals surface area contributed by atoms with Crippen LogP contribution in [0.3, 0.4) is 0 Å². The number of nitrogens with one attached hydrogen (secondary N) is 1. The van der Waals surface area contributed by atoms with Gasteiger partial charge in [-0.1, -0.05) is 43.0 Å². The smallest absolute Gasteiger partial charge is 0.234 e. The highest BCUT2D eigenvalue weighted by Gasteiger charge is 2.14. The zero-order valence-corrected chi connectivity index (χ0v) is 18.4. The highest BCUT2D eigenvalue weighted by molar-refractivity contribution is 8.00. The van der Waals surface area contributed by atoms with Crippen molar-refractivity contribution in [2.45, 2.75) is 18.4 Å². The molecule has 32 heavy (non-hydrogen) atoms. The van der Waals surface area contributed by atoms with Gasteiger partial charge >= 0.3 is 0 Å². The summed E-state index contributed by atoms with van der Waals surface area (Å²) in [5.41, 5.74) is 4.77. The molecule has 5 rings (SSSR count). The summed E-state index contributed by atoms with van der Waals surface area (Å²) in [4.78, 5) is 17.0. The lowest BCUT2D eigenvalue weighted by molar-refractivity contribution is -0.113. The van der Waals surface area contributed by atoms with E-state index in [0.29, 0.717) is 30.4 Å². The topological polar surface area (TPSA) is 77.8 Å². The van der Waals surface area contributed by atoms with Crippen LogP contribution in [0.5, 0.6) is 11.5 Å². The van der Waals surface area contributed by atoms with Crippen LogP contribution >= 0.6 is 11.8 Å². The standard InChI is InChI=1S/C24H22N4O3S/c1-2-16-3-5-17(6-4-16)19-14-20-24(25-9-10-28(20)27-19)32-15-23(29)26-18-7-8-21-22(13-18)31-12-11-30-21/h3-10,13-14H,2,11-12,15H2,1H3,(H,26,29). The van der Waals surface area contributed by atoms with Gasteiger partial charge < -0.3 is 14.8 Å². The Morgan fingerprint density at radius 2 is 1.91 bits per heavy atom. The fraction of sp³-hybridized carbons (Fsp3) is 0.208. The van der Waals surface area contributed by atoms with Gasteiger partial charge in [0.1, 0.15) is 18.2 Å². The number of fused-ring (bicyclic) bond motifs is 2. The summed E-state index contributed by atoms with van der Waals surface area (Å²) in [5.74, 6) is 1.45. The zero-order valence-electron chi connectivity index (χ0n) is 17.6. The Balaban J connectivity index is 1.28. The number of aryl methyl sites for hydroxylation is 1. The predicted molar refractivity (Wildman–Crippen MR) is 125 cm³/mol. The summed E-state index contributed by atoms with van der Waals surface area (Å²) in [7, 11) is 0. The van der Waals surface area contributed by atoms with Crippen LogP contribution in [0.4, 0.5) is 5.69 Å². The normalized spacial score (nSPS) is 12.7. The summed E-state index contributed by atoms with van der Waals surface area (Å²) in [6.45, 7) is 3.18. The van der Waals surface area contributed by atoms with Gasteiger partial charge in [0.25, 0.3) is 0 Å². The lowest BCUT2D eigenvalue weighted by Crippen LogP contribution is -2.17. The second kappa shape index (κ2) is 8.92. The van der Waals surface area contributed by atoms with Crippen molar-refractivity contribution in [2.75, 3.05) is 24.3 Å². The third-order valence-corrected chi connectivity index (χ3v) is 6.17. The molecule has 1 aliphatic heterocycles. The number of carbonyl (C=O) groups excluding carboxylic acids is 1. The molecule has 0 bridgehead atoms. The largest absolute Gasteiger partial charge is 0.486 e. The van der Waals surface area contributed by atoms with Crippen LogP contribution in [0.1, 0.15) is 12.5 Å². The van der Waals surface area contributed by atoms with E-state index in [2.05, 4.69) is 46.6 Å². The first kappa shape index (κ1) is 20.4. The van der Waals surface area contributed by atoms with E-state index in [1.54, 1.807) is 22.8 Å². The number of hydrogen-bond acceptors (Lipinski definition) is 6. The summed E-state index contributed by atoms with van der Waals surface area (Å²) in [5, 5.41) is 8.34. The fourth-order valence-corrected chi connectivity index (χ4v) is 4.29. The number of hydrogen-bond donors (Lipinski definition) is 1. The first-order chi connectivity index (χ1) is 15.7. The van der Waals surface area contributed by atoms with E-state index in [4.69, 9.17) is 9.47 Å². The van der Waals surface area contributed by atoms with Gasteiger partial charge in [-0.3, -0.25) is 4.79 Å². The van der Waals surface area contributed by atoms with Crippen molar-refractivity contribution < 1.29 is 14.3 Å². The molecule has 0 radical (unpaired) electrons. The second-order valence-electron chi connectivity index (χ2n) is 7.34. The van der Waals surface area contributed by atoms with Crippen LogP contribution in [0.15, 0.2) is 66.0 Å². The molecule has 4 aromatic rings. The highest BCUT2D eigenvalue weighted by Crippen LogP contribution is 2.33. The first-order valence-electron chi connectivity index (χ1n) is 10.5. The van der Waals surface area contributed by atoms with Crippen molar-refractivity contribution in [1.82, 2.24) is 14.6 Å². The van der Waals surface area contributed by atoms with Crippen molar-refractivity contribution in [3.05, 3.63) is 66.5 Å². The first-order valence-corrected chi connectivity index (χ1v) is 11.4. The van der Waals surface area contributed by atoms with Crippen molar-refractivity contribution >= 4 is 28.9 Å². The van der Waals surface area contributed by atoms with Gasteiger partial charge in [0.2, 0.25) is 5.91 Å². The van der Waals surface area contributed by atoms with E-state index >= 15 is 0 Å². The number of nitrogens with zero attached hydrogens (tertiary/aromatic N) is 3. The third-order valence-electron chi connectivity index (χ3n) is 5.18. The van der Waals surface area contributed by atoms with Gasteiger partial charge in [-0.05, 0) is 30.2 Å². The molecule has 0 atom stereocenters. The molecule has 0 spiro atoms. The Morgan fingerprint density at radius 3 is 2.72 bits per heavy atom. The molecule has 2 aromatic carbocycles. The summed E-state index contributed by atoms with van der Waals surface area (Å²) >= 11 is 1.38. The Bertz CT molecular complexity index is 1270. The van der Waals surface area contributed by atoms with E-state index in [0.717, 1.165) is 28.2 Å². The monoisotopic (exact) mass is 446 g/mol. The number of ether oxygens (including phenoxy) is 2. The van der Waals surface area contributed by atoms with Gasteiger partial charge in [-0.2, -0.15) is 5.10 Å². The summed E-state index contributed by atoms with van der Waals surface area (Å²) in [6, 6.07) is 15.8. The molecule has 0 unspecified atom stereocenters. The van der Waals surface area contributed by atoms with E-state index < -0.39 is 0 Å². The van der Waals surface area contributed by atoms with Crippen LogP contribution in [0.25, 0.3) is 16.8 Å². The van der Waals surface area contributed by atoms with Crippen LogP contribution in [-0.4, -0.2) is 39.5 Å². The Labute approximate surface area is 189 Å². The maximum Gasteiger partial charge on any atom is 0.234 e. The second-order valence-corrected chi connectivity index (χ2v) is 8.30. The zero-order chi connectivity index (χ0) is 21.9. The Hall–Kier alpha value is -3.52. The molecule has 8 heteroatoms. The lowest BCUT2D eigenvalue weighted by atomic mass is 10.1. The van der Waals surface area contributed by atoms with Crippen LogP contribution in [0.2, 0.25) is 0 Å². The maximum absolute atomic E-state index is 12.5. The summed E-state index contributed by atoms with van der Waals surface area (Å²) < 4.78 is 12.9. The van der Waals surface area contributed by atoms with E-state index in [9.17, 15) is 4.79 Å². The number of benzene rings is 2. The number of rotatable bonds is 6. The number of thioether (sulfide) groups is 1. The quantitative estimate of drug-likeness (QED) is 0.441. The van der Waals surface area contributed by atoms with Crippen LogP contribution in [-0.2, 0) is 11.2 Å². The minimum Gasteiger partial charge on any atom is -0.486 e. The third kappa shape index (κ3) is 4.27. The van der Waals surface area contributed by atoms with E-state index in [-0.39, 0.29) is 11.7 Å². The minimum atomic E-state index is -0.120. The Kier molecular flexibility index (Phi) is 5.68. The predicted octanol–water partition coefficient (Wildman–Crippen LogP) is 4.46. The molecule has 1 aliphatic rings. The molecule has 3 heterocycles. The van der Waals surface area contributed by atoms with Gasteiger partial charge in [0.15, 0.2) is 11.5 Å². The molecular weight excluding hydrogens is 424 g/mol. The number of amides is 1. The lowest BCUT2D eigenvalue weighted by Gasteiger charge is -2.19. The SMILES string of the molecule is CCc1ccc(-c2cc3c(SCC(=O)Nc4ccc5c(c4)OCCO5)nccn3n2)cc1. The van der Waals surface area contributed by atoms with Gasteiger partial charge in [0.05, 0.1) is 17.0 Å². The molecule has 0 aliphatic carbocycles. The van der Waals surface area contributed by atoms with Crippen LogP contribution in [0, 0.1) is 0 Å². The molecule has 0 fully saturated rings. The number of anilines is 1. The van der Waals surface area contributed by atoms with Crippen LogP contribution < -0.4 is 14.8 Å². The fourth-order valence-electron chi connectivity index (χ4n) is 3.51. The number of carbonyl (C=O) groups is 1. The molecular formula is C24H22N4O3S. The summed E-state index contributed by atoms with van der Waals surface area (Å²) in [6.07, 6.45) is 4.52. The van der Waals surface area contributed by atoms with Gasteiger partial charge in [-0.15, -0.1) is 0 Å². The number of aromatic nitrogens is 3. The molecule has 0 saturated heterocycles. The highest BCUT2D eigenvalue weighted by atomic mass is 32.2. The average Bonchev–Trinajstić information content (AvgIpc) is 3.28. The van der Waals surface area contributed by atoms with E-state index in [1.807, 2.05) is 18.3 Å². The molecule has 2 aromatic heterocycles. The van der Waals surface area contributed by atoms with Crippen molar-refractivity contribution in [3.8, 4) is 22.8 Å². The van der Waals surface area contributed by atoms with Gasteiger partial charge in [0, 0.05) is 29.7 Å². The molecule has 162 valence electrons. The molecule has 1 N–H and O–H groups in total. The van der Waals surface area contributed by atoms with Gasteiger partial charge in [-0.25, -0.2) is 9.50 Å². The van der Waals surface area contributed by atoms with Crippen molar-refractivity contribution in [2.24, 2.45) is 0 Å². The molecule has 1 amide bonds.